The minimum atomic E-state index is -0.324. The Bertz CT molecular complexity index is 1210. The van der Waals surface area contributed by atoms with Gasteiger partial charge in [0.15, 0.2) is 6.61 Å². The number of fused-ring (bicyclic) bond motifs is 1. The molecule has 1 N–H and O–H groups in total. The molecule has 1 amide bonds. The first kappa shape index (κ1) is 20.9. The molecule has 2 aromatic carbocycles. The molecule has 2 heterocycles. The Kier molecular flexibility index (Phi) is 5.65. The Hall–Kier alpha value is -3.39. The third-order valence-electron chi connectivity index (χ3n) is 4.76. The first-order valence-electron chi connectivity index (χ1n) is 9.86. The van der Waals surface area contributed by atoms with Gasteiger partial charge in [-0.15, -0.1) is 16.4 Å². The molecule has 0 saturated carbocycles. The molecule has 0 fully saturated rings. The lowest BCUT2D eigenvalue weighted by Crippen LogP contribution is -2.22. The Morgan fingerprint density at radius 1 is 1.16 bits per heavy atom. The summed E-state index contributed by atoms with van der Waals surface area (Å²) in [6.07, 6.45) is 0. The number of benzene rings is 2. The van der Waals surface area contributed by atoms with Gasteiger partial charge < -0.3 is 9.47 Å². The summed E-state index contributed by atoms with van der Waals surface area (Å²) in [5, 5.41) is 9.15. The van der Waals surface area contributed by atoms with Crippen LogP contribution in [0.4, 0.5) is 5.95 Å². The van der Waals surface area contributed by atoms with Crippen LogP contribution >= 0.6 is 11.3 Å². The van der Waals surface area contributed by atoms with Crippen LogP contribution in [0.2, 0.25) is 0 Å². The smallest absolute Gasteiger partial charge is 0.264 e. The Balaban J connectivity index is 1.46. The largest absolute Gasteiger partial charge is 0.497 e. The van der Waals surface area contributed by atoms with E-state index >= 15 is 0 Å². The lowest BCUT2D eigenvalue weighted by atomic mass is 9.86. The molecule has 0 aliphatic heterocycles. The number of aromatic nitrogens is 3. The highest BCUT2D eigenvalue weighted by Gasteiger charge is 2.21. The second-order valence-electron chi connectivity index (χ2n) is 8.07. The summed E-state index contributed by atoms with van der Waals surface area (Å²) in [5.74, 6) is 1.32. The van der Waals surface area contributed by atoms with Crippen molar-refractivity contribution in [2.24, 2.45) is 0 Å². The van der Waals surface area contributed by atoms with Crippen molar-refractivity contribution in [1.82, 2.24) is 14.6 Å². The van der Waals surface area contributed by atoms with E-state index in [1.807, 2.05) is 53.9 Å². The van der Waals surface area contributed by atoms with Gasteiger partial charge in [-0.3, -0.25) is 10.1 Å². The van der Waals surface area contributed by atoms with Gasteiger partial charge in [-0.25, -0.2) is 4.52 Å². The minimum absolute atomic E-state index is 0.145. The average Bonchev–Trinajstić information content (AvgIpc) is 3.32. The number of hydrogen-bond acceptors (Lipinski definition) is 6. The van der Waals surface area contributed by atoms with Crippen molar-refractivity contribution in [3.63, 3.8) is 0 Å². The number of ether oxygens (including phenoxy) is 2. The zero-order valence-electron chi connectivity index (χ0n) is 17.9. The van der Waals surface area contributed by atoms with Crippen molar-refractivity contribution in [2.45, 2.75) is 26.2 Å². The highest BCUT2D eigenvalue weighted by molar-refractivity contribution is 7.15. The number of carbonyl (C=O) groups excluding carboxylic acids is 1. The van der Waals surface area contributed by atoms with E-state index in [-0.39, 0.29) is 23.9 Å². The van der Waals surface area contributed by atoms with Crippen LogP contribution in [0.1, 0.15) is 26.3 Å². The standard InChI is InChI=1S/C23H24N4O3S/c1-23(2,3)17-12-16(29-4)10-11-19(17)30-13-20(28)24-21-25-22-27(26-21)18(14-31-22)15-8-6-5-7-9-15/h5-12,14H,13H2,1-4H3,(H,24,26,28). The molecule has 4 aromatic rings. The van der Waals surface area contributed by atoms with Gasteiger partial charge in [0.1, 0.15) is 11.5 Å². The molecule has 0 radical (unpaired) electrons. The third-order valence-corrected chi connectivity index (χ3v) is 5.57. The maximum absolute atomic E-state index is 12.5. The van der Waals surface area contributed by atoms with Gasteiger partial charge >= 0.3 is 0 Å². The van der Waals surface area contributed by atoms with Gasteiger partial charge in [0.25, 0.3) is 11.9 Å². The second kappa shape index (κ2) is 8.39. The molecular formula is C23H24N4O3S. The van der Waals surface area contributed by atoms with E-state index in [2.05, 4.69) is 36.2 Å². The molecule has 31 heavy (non-hydrogen) atoms. The monoisotopic (exact) mass is 436 g/mol. The van der Waals surface area contributed by atoms with E-state index in [1.165, 1.54) is 11.3 Å². The summed E-state index contributed by atoms with van der Waals surface area (Å²) in [7, 11) is 1.63. The van der Waals surface area contributed by atoms with Gasteiger partial charge in [-0.1, -0.05) is 51.1 Å². The van der Waals surface area contributed by atoms with Crippen molar-refractivity contribution < 1.29 is 14.3 Å². The SMILES string of the molecule is COc1ccc(OCC(=O)Nc2nc3scc(-c4ccccc4)n3n2)c(C(C)(C)C)c1. The molecule has 0 saturated heterocycles. The predicted octanol–water partition coefficient (Wildman–Crippen LogP) is 4.78. The van der Waals surface area contributed by atoms with E-state index in [0.29, 0.717) is 10.7 Å². The number of rotatable bonds is 6. The first-order valence-corrected chi connectivity index (χ1v) is 10.7. The fourth-order valence-corrected chi connectivity index (χ4v) is 4.02. The van der Waals surface area contributed by atoms with Gasteiger partial charge in [-0.2, -0.15) is 4.98 Å². The molecule has 0 spiro atoms. The van der Waals surface area contributed by atoms with Crippen molar-refractivity contribution in [1.29, 1.82) is 0 Å². The lowest BCUT2D eigenvalue weighted by Gasteiger charge is -2.23. The van der Waals surface area contributed by atoms with E-state index in [4.69, 9.17) is 9.47 Å². The number of anilines is 1. The number of amides is 1. The Morgan fingerprint density at radius 3 is 2.65 bits per heavy atom. The molecule has 0 aliphatic rings. The molecule has 0 aliphatic carbocycles. The Labute approximate surface area is 184 Å². The van der Waals surface area contributed by atoms with Crippen molar-refractivity contribution in [3.8, 4) is 22.8 Å². The molecule has 160 valence electrons. The third kappa shape index (κ3) is 4.54. The van der Waals surface area contributed by atoms with Crippen LogP contribution < -0.4 is 14.8 Å². The maximum atomic E-state index is 12.5. The molecular weight excluding hydrogens is 412 g/mol. The summed E-state index contributed by atoms with van der Waals surface area (Å²) in [6.45, 7) is 6.11. The van der Waals surface area contributed by atoms with Gasteiger partial charge in [0, 0.05) is 16.5 Å². The van der Waals surface area contributed by atoms with Crippen LogP contribution in [0.5, 0.6) is 11.5 Å². The molecule has 8 heteroatoms. The normalized spacial score (nSPS) is 11.5. The zero-order valence-corrected chi connectivity index (χ0v) is 18.7. The van der Waals surface area contributed by atoms with Crippen molar-refractivity contribution >= 4 is 28.2 Å². The molecule has 0 bridgehead atoms. The zero-order chi connectivity index (χ0) is 22.0. The highest BCUT2D eigenvalue weighted by atomic mass is 32.1. The summed E-state index contributed by atoms with van der Waals surface area (Å²) < 4.78 is 12.9. The van der Waals surface area contributed by atoms with Gasteiger partial charge in [0.05, 0.1) is 12.8 Å². The maximum Gasteiger partial charge on any atom is 0.264 e. The van der Waals surface area contributed by atoms with Crippen LogP contribution in [-0.2, 0) is 10.2 Å². The number of methoxy groups -OCH3 is 1. The quantitative estimate of drug-likeness (QED) is 0.471. The average molecular weight is 437 g/mol. The van der Waals surface area contributed by atoms with E-state index in [0.717, 1.165) is 22.6 Å². The van der Waals surface area contributed by atoms with Crippen LogP contribution in [0.15, 0.2) is 53.9 Å². The van der Waals surface area contributed by atoms with E-state index < -0.39 is 0 Å². The molecule has 2 aromatic heterocycles. The van der Waals surface area contributed by atoms with Crippen LogP contribution in [-0.4, -0.2) is 34.2 Å². The second-order valence-corrected chi connectivity index (χ2v) is 8.90. The molecule has 7 nitrogen and oxygen atoms in total. The molecule has 4 rings (SSSR count). The summed E-state index contributed by atoms with van der Waals surface area (Å²) >= 11 is 1.47. The summed E-state index contributed by atoms with van der Waals surface area (Å²) in [5.41, 5.74) is 2.77. The van der Waals surface area contributed by atoms with Crippen LogP contribution in [0.3, 0.4) is 0 Å². The molecule has 0 unspecified atom stereocenters. The fraction of sp³-hybridized carbons (Fsp3) is 0.261. The van der Waals surface area contributed by atoms with Crippen molar-refractivity contribution in [2.75, 3.05) is 19.0 Å². The number of thiazole rings is 1. The number of hydrogen-bond donors (Lipinski definition) is 1. The summed E-state index contributed by atoms with van der Waals surface area (Å²) in [4.78, 5) is 17.6. The highest BCUT2D eigenvalue weighted by Crippen LogP contribution is 2.34. The number of carbonyl (C=O) groups is 1. The van der Waals surface area contributed by atoms with E-state index in [1.54, 1.807) is 11.6 Å². The van der Waals surface area contributed by atoms with Crippen molar-refractivity contribution in [3.05, 3.63) is 59.5 Å². The first-order chi connectivity index (χ1) is 14.8. The van der Waals surface area contributed by atoms with Gasteiger partial charge in [-0.05, 0) is 23.6 Å². The number of nitrogens with zero attached hydrogens (tertiary/aromatic N) is 3. The van der Waals surface area contributed by atoms with Crippen LogP contribution in [0, 0.1) is 0 Å². The van der Waals surface area contributed by atoms with Crippen LogP contribution in [0.25, 0.3) is 16.2 Å². The molecule has 0 atom stereocenters. The lowest BCUT2D eigenvalue weighted by molar-refractivity contribution is -0.118. The Morgan fingerprint density at radius 2 is 1.94 bits per heavy atom. The van der Waals surface area contributed by atoms with Gasteiger partial charge in [0.2, 0.25) is 4.96 Å². The summed E-state index contributed by atoms with van der Waals surface area (Å²) in [6, 6.07) is 15.5. The topological polar surface area (TPSA) is 77.8 Å². The minimum Gasteiger partial charge on any atom is -0.497 e. The fourth-order valence-electron chi connectivity index (χ4n) is 3.19. The van der Waals surface area contributed by atoms with E-state index in [9.17, 15) is 4.79 Å². The number of nitrogens with one attached hydrogen (secondary N) is 1. The predicted molar refractivity (Wildman–Crippen MR) is 122 cm³/mol.